The molecule has 0 aliphatic carbocycles. The number of thiophene rings is 1. The number of phenolic OH excluding ortho intramolecular Hbond substituents is 2. The molecule has 1 fully saturated rings. The molecule has 34 heavy (non-hydrogen) atoms. The second kappa shape index (κ2) is 11.0. The summed E-state index contributed by atoms with van der Waals surface area (Å²) >= 11 is 1.54. The maximum atomic E-state index is 9.92. The molecule has 1 aromatic heterocycles. The Kier molecular flexibility index (Phi) is 7.80. The minimum Gasteiger partial charge on any atom is -0.508 e. The lowest BCUT2D eigenvalue weighted by Gasteiger charge is -2.26. The third kappa shape index (κ3) is 5.56. The Morgan fingerprint density at radius 3 is 2.26 bits per heavy atom. The van der Waals surface area contributed by atoms with Gasteiger partial charge in [0.1, 0.15) is 29.6 Å². The van der Waals surface area contributed by atoms with Crippen LogP contribution >= 0.6 is 23.7 Å². The van der Waals surface area contributed by atoms with E-state index in [1.54, 1.807) is 24.3 Å². The second-order valence-corrected chi connectivity index (χ2v) is 8.92. The number of hydrogen-bond donors (Lipinski definition) is 2. The highest BCUT2D eigenvalue weighted by Crippen LogP contribution is 2.47. The van der Waals surface area contributed by atoms with Gasteiger partial charge in [-0.15, -0.1) is 23.7 Å². The zero-order valence-electron chi connectivity index (χ0n) is 18.5. The summed E-state index contributed by atoms with van der Waals surface area (Å²) < 4.78 is 18.5. The summed E-state index contributed by atoms with van der Waals surface area (Å²) in [5, 5.41) is 20.5. The van der Waals surface area contributed by atoms with E-state index in [4.69, 9.17) is 14.2 Å². The van der Waals surface area contributed by atoms with Gasteiger partial charge in [0.05, 0.1) is 18.1 Å². The van der Waals surface area contributed by atoms with Crippen LogP contribution in [-0.2, 0) is 4.74 Å². The molecule has 0 bridgehead atoms. The van der Waals surface area contributed by atoms with Crippen molar-refractivity contribution in [2.45, 2.75) is 0 Å². The molecule has 1 aliphatic rings. The zero-order chi connectivity index (χ0) is 22.6. The van der Waals surface area contributed by atoms with Gasteiger partial charge >= 0.3 is 0 Å². The van der Waals surface area contributed by atoms with E-state index in [1.165, 1.54) is 11.3 Å². The Hall–Kier alpha value is -2.97. The van der Waals surface area contributed by atoms with Gasteiger partial charge in [-0.05, 0) is 72.3 Å². The van der Waals surface area contributed by atoms with Crippen molar-refractivity contribution < 1.29 is 24.4 Å². The summed E-state index contributed by atoms with van der Waals surface area (Å²) in [6.07, 6.45) is 0. The Labute approximate surface area is 208 Å². The van der Waals surface area contributed by atoms with Crippen molar-refractivity contribution in [2.75, 3.05) is 39.5 Å². The van der Waals surface area contributed by atoms with E-state index < -0.39 is 0 Å². The molecular weight excluding hydrogens is 474 g/mol. The van der Waals surface area contributed by atoms with Crippen LogP contribution in [0.3, 0.4) is 0 Å². The molecule has 178 valence electrons. The predicted molar refractivity (Wildman–Crippen MR) is 137 cm³/mol. The van der Waals surface area contributed by atoms with Gasteiger partial charge in [0.25, 0.3) is 0 Å². The molecule has 0 amide bonds. The number of halogens is 1. The summed E-state index contributed by atoms with van der Waals surface area (Å²) in [5.74, 6) is 2.65. The lowest BCUT2D eigenvalue weighted by atomic mass is 10.1. The van der Waals surface area contributed by atoms with Gasteiger partial charge in [-0.25, -0.2) is 0 Å². The molecule has 0 atom stereocenters. The molecule has 4 aromatic rings. The standard InChI is InChI=1S/C26H25NO5S.ClH/c28-19-3-1-18(2-4-19)26-25(23-10-5-20(29)17-24(23)33-26)32-22-8-6-21(7-9-22)31-16-13-27-11-14-30-15-12-27;/h1-10,17,28-29H,11-16H2;1H. The van der Waals surface area contributed by atoms with Crippen LogP contribution in [0.15, 0.2) is 66.7 Å². The molecule has 2 N–H and O–H groups in total. The highest BCUT2D eigenvalue weighted by atomic mass is 35.5. The normalized spacial score (nSPS) is 14.0. The molecule has 0 saturated carbocycles. The van der Waals surface area contributed by atoms with Crippen LogP contribution in [0.25, 0.3) is 20.5 Å². The Balaban J connectivity index is 0.00000274. The van der Waals surface area contributed by atoms with E-state index in [0.717, 1.165) is 64.9 Å². The van der Waals surface area contributed by atoms with E-state index in [9.17, 15) is 10.2 Å². The lowest BCUT2D eigenvalue weighted by Crippen LogP contribution is -2.38. The number of fused-ring (bicyclic) bond motifs is 1. The average Bonchev–Trinajstić information content (AvgIpc) is 3.18. The number of rotatable bonds is 7. The van der Waals surface area contributed by atoms with Crippen molar-refractivity contribution >= 4 is 33.8 Å². The predicted octanol–water partition coefficient (Wildman–Crippen LogP) is 5.90. The van der Waals surface area contributed by atoms with Crippen molar-refractivity contribution in [3.05, 3.63) is 66.7 Å². The quantitative estimate of drug-likeness (QED) is 0.329. The molecule has 0 unspecified atom stereocenters. The highest BCUT2D eigenvalue weighted by Gasteiger charge is 2.17. The minimum atomic E-state index is 0. The summed E-state index contributed by atoms with van der Waals surface area (Å²) in [5.41, 5.74) is 0.937. The van der Waals surface area contributed by atoms with Crippen LogP contribution in [0.1, 0.15) is 0 Å². The number of aromatic hydroxyl groups is 2. The molecule has 1 saturated heterocycles. The third-order valence-corrected chi connectivity index (χ3v) is 6.76. The summed E-state index contributed by atoms with van der Waals surface area (Å²) in [6.45, 7) is 4.98. The summed E-state index contributed by atoms with van der Waals surface area (Å²) in [6, 6.07) is 19.9. The molecular formula is C26H26ClNO5S. The van der Waals surface area contributed by atoms with Gasteiger partial charge in [-0.2, -0.15) is 0 Å². The topological polar surface area (TPSA) is 71.4 Å². The fraction of sp³-hybridized carbons (Fsp3) is 0.231. The fourth-order valence-electron chi connectivity index (χ4n) is 3.80. The number of nitrogens with zero attached hydrogens (tertiary/aromatic N) is 1. The largest absolute Gasteiger partial charge is 0.508 e. The first-order valence-electron chi connectivity index (χ1n) is 10.9. The first kappa shape index (κ1) is 24.2. The van der Waals surface area contributed by atoms with Gasteiger partial charge in [-0.1, -0.05) is 0 Å². The Morgan fingerprint density at radius 2 is 1.53 bits per heavy atom. The Bertz CT molecular complexity index is 1220. The third-order valence-electron chi connectivity index (χ3n) is 5.58. The SMILES string of the molecule is Cl.Oc1ccc(-c2sc3cc(O)ccc3c2Oc2ccc(OCCN3CCOCC3)cc2)cc1. The molecule has 5 rings (SSSR count). The number of ether oxygens (including phenoxy) is 3. The Morgan fingerprint density at radius 1 is 0.853 bits per heavy atom. The van der Waals surface area contributed by atoms with E-state index >= 15 is 0 Å². The summed E-state index contributed by atoms with van der Waals surface area (Å²) in [7, 11) is 0. The zero-order valence-corrected chi connectivity index (χ0v) is 20.1. The van der Waals surface area contributed by atoms with Crippen molar-refractivity contribution in [1.29, 1.82) is 0 Å². The van der Waals surface area contributed by atoms with E-state index in [-0.39, 0.29) is 23.9 Å². The second-order valence-electron chi connectivity index (χ2n) is 7.86. The van der Waals surface area contributed by atoms with Crippen LogP contribution in [0, 0.1) is 0 Å². The summed E-state index contributed by atoms with van der Waals surface area (Å²) in [4.78, 5) is 3.27. The molecule has 2 heterocycles. The van der Waals surface area contributed by atoms with Gasteiger partial charge in [0, 0.05) is 29.7 Å². The minimum absolute atomic E-state index is 0. The highest BCUT2D eigenvalue weighted by molar-refractivity contribution is 7.22. The molecule has 0 spiro atoms. The van der Waals surface area contributed by atoms with Crippen LogP contribution in [0.2, 0.25) is 0 Å². The van der Waals surface area contributed by atoms with Crippen molar-refractivity contribution in [2.24, 2.45) is 0 Å². The van der Waals surface area contributed by atoms with E-state index in [1.807, 2.05) is 42.5 Å². The average molecular weight is 500 g/mol. The van der Waals surface area contributed by atoms with Crippen LogP contribution in [0.4, 0.5) is 0 Å². The molecule has 8 heteroatoms. The van der Waals surface area contributed by atoms with Crippen molar-refractivity contribution in [1.82, 2.24) is 4.90 Å². The molecule has 0 radical (unpaired) electrons. The maximum Gasteiger partial charge on any atom is 0.153 e. The number of hydrogen-bond acceptors (Lipinski definition) is 7. The fourth-order valence-corrected chi connectivity index (χ4v) is 4.97. The monoisotopic (exact) mass is 499 g/mol. The lowest BCUT2D eigenvalue weighted by molar-refractivity contribution is 0.0322. The molecule has 3 aromatic carbocycles. The first-order valence-corrected chi connectivity index (χ1v) is 11.7. The maximum absolute atomic E-state index is 9.92. The number of morpholine rings is 1. The van der Waals surface area contributed by atoms with Crippen LogP contribution < -0.4 is 9.47 Å². The van der Waals surface area contributed by atoms with E-state index in [0.29, 0.717) is 12.4 Å². The molecule has 6 nitrogen and oxygen atoms in total. The van der Waals surface area contributed by atoms with Gasteiger partial charge in [0.2, 0.25) is 0 Å². The van der Waals surface area contributed by atoms with Crippen LogP contribution in [0.5, 0.6) is 28.7 Å². The van der Waals surface area contributed by atoms with Gasteiger partial charge in [-0.3, -0.25) is 4.90 Å². The van der Waals surface area contributed by atoms with E-state index in [2.05, 4.69) is 4.90 Å². The number of benzene rings is 3. The van der Waals surface area contributed by atoms with Gasteiger partial charge < -0.3 is 24.4 Å². The smallest absolute Gasteiger partial charge is 0.153 e. The molecule has 1 aliphatic heterocycles. The number of phenols is 2. The van der Waals surface area contributed by atoms with Crippen LogP contribution in [-0.4, -0.2) is 54.6 Å². The van der Waals surface area contributed by atoms with Crippen molar-refractivity contribution in [3.63, 3.8) is 0 Å². The van der Waals surface area contributed by atoms with Gasteiger partial charge in [0.15, 0.2) is 5.75 Å². The first-order chi connectivity index (χ1) is 16.2. The van der Waals surface area contributed by atoms with Crippen molar-refractivity contribution in [3.8, 4) is 39.2 Å².